The molecule has 1 aliphatic rings. The molecule has 3 unspecified atom stereocenters. The van der Waals surface area contributed by atoms with Gasteiger partial charge in [-0.25, -0.2) is 0 Å². The SMILES string of the molecule is CC1OCCC1C(O)c1ccc(Br)c2ccccc12. The highest BCUT2D eigenvalue weighted by atomic mass is 79.9. The number of hydrogen-bond donors (Lipinski definition) is 1. The molecule has 0 aromatic heterocycles. The van der Waals surface area contributed by atoms with Crippen molar-refractivity contribution >= 4 is 26.7 Å². The van der Waals surface area contributed by atoms with Gasteiger partial charge in [-0.15, -0.1) is 0 Å². The largest absolute Gasteiger partial charge is 0.388 e. The van der Waals surface area contributed by atoms with Crippen molar-refractivity contribution in [2.75, 3.05) is 6.61 Å². The fraction of sp³-hybridized carbons (Fsp3) is 0.375. The molecule has 0 spiro atoms. The number of benzene rings is 2. The van der Waals surface area contributed by atoms with Crippen molar-refractivity contribution in [3.63, 3.8) is 0 Å². The van der Waals surface area contributed by atoms with Gasteiger partial charge in [0, 0.05) is 17.0 Å². The summed E-state index contributed by atoms with van der Waals surface area (Å²) in [6.45, 7) is 2.79. The normalized spacial score (nSPS) is 24.8. The summed E-state index contributed by atoms with van der Waals surface area (Å²) in [7, 11) is 0. The lowest BCUT2D eigenvalue weighted by molar-refractivity contribution is 0.0438. The Morgan fingerprint density at radius 1 is 1.21 bits per heavy atom. The monoisotopic (exact) mass is 320 g/mol. The summed E-state index contributed by atoms with van der Waals surface area (Å²) in [5.41, 5.74) is 1.00. The van der Waals surface area contributed by atoms with Crippen LogP contribution in [-0.2, 0) is 4.74 Å². The van der Waals surface area contributed by atoms with Crippen LogP contribution in [0.25, 0.3) is 10.8 Å². The second-order valence-electron chi connectivity index (χ2n) is 5.16. The maximum Gasteiger partial charge on any atom is 0.0849 e. The first kappa shape index (κ1) is 13.1. The number of hydrogen-bond acceptors (Lipinski definition) is 2. The molecule has 0 radical (unpaired) electrons. The molecule has 19 heavy (non-hydrogen) atoms. The van der Waals surface area contributed by atoms with Crippen molar-refractivity contribution in [1.29, 1.82) is 0 Å². The molecule has 2 nitrogen and oxygen atoms in total. The number of aliphatic hydroxyl groups is 1. The van der Waals surface area contributed by atoms with Crippen molar-refractivity contribution in [3.8, 4) is 0 Å². The Kier molecular flexibility index (Phi) is 3.61. The van der Waals surface area contributed by atoms with Crippen LogP contribution < -0.4 is 0 Å². The zero-order valence-corrected chi connectivity index (χ0v) is 12.4. The van der Waals surface area contributed by atoms with E-state index in [4.69, 9.17) is 4.74 Å². The third-order valence-corrected chi connectivity index (χ3v) is 4.76. The molecule has 1 aliphatic heterocycles. The van der Waals surface area contributed by atoms with Gasteiger partial charge in [0.05, 0.1) is 12.2 Å². The Bertz CT molecular complexity index is 596. The van der Waals surface area contributed by atoms with Gasteiger partial charge in [-0.2, -0.15) is 0 Å². The molecule has 2 aromatic rings. The van der Waals surface area contributed by atoms with E-state index in [2.05, 4.69) is 28.1 Å². The van der Waals surface area contributed by atoms with Gasteiger partial charge in [0.1, 0.15) is 0 Å². The predicted molar refractivity (Wildman–Crippen MR) is 80.1 cm³/mol. The molecule has 0 bridgehead atoms. The first-order valence-electron chi connectivity index (χ1n) is 6.65. The number of aliphatic hydroxyl groups excluding tert-OH is 1. The van der Waals surface area contributed by atoms with E-state index >= 15 is 0 Å². The summed E-state index contributed by atoms with van der Waals surface area (Å²) in [6, 6.07) is 12.2. The van der Waals surface area contributed by atoms with Crippen LogP contribution in [0.15, 0.2) is 40.9 Å². The highest BCUT2D eigenvalue weighted by molar-refractivity contribution is 9.10. The van der Waals surface area contributed by atoms with Crippen LogP contribution in [0.2, 0.25) is 0 Å². The molecular formula is C16H17BrO2. The minimum atomic E-state index is -0.463. The van der Waals surface area contributed by atoms with Crippen molar-refractivity contribution in [2.24, 2.45) is 5.92 Å². The fourth-order valence-corrected chi connectivity index (χ4v) is 3.41. The fourth-order valence-electron chi connectivity index (χ4n) is 2.94. The lowest BCUT2D eigenvalue weighted by Gasteiger charge is -2.22. The van der Waals surface area contributed by atoms with Gasteiger partial charge in [-0.05, 0) is 35.7 Å². The summed E-state index contributed by atoms with van der Waals surface area (Å²) in [5.74, 6) is 0.185. The van der Waals surface area contributed by atoms with Gasteiger partial charge >= 0.3 is 0 Å². The standard InChI is InChI=1S/C16H17BrO2/c1-10-11(8-9-19-10)16(18)14-6-7-15(17)13-5-3-2-4-12(13)14/h2-7,10-11,16,18H,8-9H2,1H3. The second-order valence-corrected chi connectivity index (χ2v) is 6.01. The van der Waals surface area contributed by atoms with Crippen molar-refractivity contribution in [3.05, 3.63) is 46.4 Å². The van der Waals surface area contributed by atoms with E-state index in [0.29, 0.717) is 0 Å². The first-order chi connectivity index (χ1) is 9.18. The summed E-state index contributed by atoms with van der Waals surface area (Å²) < 4.78 is 6.64. The molecule has 0 aliphatic carbocycles. The highest BCUT2D eigenvalue weighted by Gasteiger charge is 2.32. The molecule has 1 heterocycles. The summed E-state index contributed by atoms with van der Waals surface area (Å²) in [4.78, 5) is 0. The summed E-state index contributed by atoms with van der Waals surface area (Å²) >= 11 is 3.57. The van der Waals surface area contributed by atoms with Crippen LogP contribution >= 0.6 is 15.9 Å². The van der Waals surface area contributed by atoms with Gasteiger partial charge in [0.15, 0.2) is 0 Å². The zero-order chi connectivity index (χ0) is 13.4. The van der Waals surface area contributed by atoms with E-state index in [-0.39, 0.29) is 12.0 Å². The van der Waals surface area contributed by atoms with E-state index in [1.54, 1.807) is 0 Å². The molecule has 100 valence electrons. The van der Waals surface area contributed by atoms with E-state index in [9.17, 15) is 5.11 Å². The average Bonchev–Trinajstić information content (AvgIpc) is 2.85. The maximum absolute atomic E-state index is 10.7. The summed E-state index contributed by atoms with van der Waals surface area (Å²) in [6.07, 6.45) is 0.583. The molecule has 3 heteroatoms. The highest BCUT2D eigenvalue weighted by Crippen LogP contribution is 2.37. The van der Waals surface area contributed by atoms with Gasteiger partial charge in [0.25, 0.3) is 0 Å². The molecular weight excluding hydrogens is 304 g/mol. The Morgan fingerprint density at radius 2 is 1.95 bits per heavy atom. The van der Waals surface area contributed by atoms with Crippen molar-refractivity contribution in [2.45, 2.75) is 25.6 Å². The van der Waals surface area contributed by atoms with Crippen LogP contribution in [0.4, 0.5) is 0 Å². The second kappa shape index (κ2) is 5.23. The molecule has 1 saturated heterocycles. The van der Waals surface area contributed by atoms with E-state index in [1.807, 2.05) is 31.2 Å². The molecule has 1 fully saturated rings. The minimum Gasteiger partial charge on any atom is -0.388 e. The zero-order valence-electron chi connectivity index (χ0n) is 10.8. The number of ether oxygens (including phenoxy) is 1. The van der Waals surface area contributed by atoms with E-state index in [0.717, 1.165) is 33.8 Å². The molecule has 3 atom stereocenters. The quantitative estimate of drug-likeness (QED) is 0.904. The minimum absolute atomic E-state index is 0.123. The average molecular weight is 321 g/mol. The van der Waals surface area contributed by atoms with E-state index < -0.39 is 6.10 Å². The van der Waals surface area contributed by atoms with Crippen molar-refractivity contribution in [1.82, 2.24) is 0 Å². The van der Waals surface area contributed by atoms with Gasteiger partial charge in [0.2, 0.25) is 0 Å². The Morgan fingerprint density at radius 3 is 2.63 bits per heavy atom. The maximum atomic E-state index is 10.7. The smallest absolute Gasteiger partial charge is 0.0849 e. The summed E-state index contributed by atoms with van der Waals surface area (Å²) in [5, 5.41) is 12.9. The molecule has 0 amide bonds. The topological polar surface area (TPSA) is 29.5 Å². The first-order valence-corrected chi connectivity index (χ1v) is 7.44. The van der Waals surface area contributed by atoms with Gasteiger partial charge in [-0.3, -0.25) is 0 Å². The molecule has 3 rings (SSSR count). The number of rotatable bonds is 2. The third kappa shape index (κ3) is 2.31. The lowest BCUT2D eigenvalue weighted by atomic mass is 9.88. The molecule has 1 N–H and O–H groups in total. The third-order valence-electron chi connectivity index (χ3n) is 4.06. The number of fused-ring (bicyclic) bond motifs is 1. The molecule has 0 saturated carbocycles. The van der Waals surface area contributed by atoms with Crippen LogP contribution in [0.3, 0.4) is 0 Å². The van der Waals surface area contributed by atoms with E-state index in [1.165, 1.54) is 0 Å². The number of halogens is 1. The molecule has 2 aromatic carbocycles. The Hall–Kier alpha value is -0.900. The van der Waals surface area contributed by atoms with Crippen LogP contribution in [-0.4, -0.2) is 17.8 Å². The van der Waals surface area contributed by atoms with Crippen LogP contribution in [0, 0.1) is 5.92 Å². The van der Waals surface area contributed by atoms with Gasteiger partial charge in [-0.1, -0.05) is 46.3 Å². The Balaban J connectivity index is 2.07. The van der Waals surface area contributed by atoms with Crippen molar-refractivity contribution < 1.29 is 9.84 Å². The van der Waals surface area contributed by atoms with Crippen LogP contribution in [0.5, 0.6) is 0 Å². The predicted octanol–water partition coefficient (Wildman–Crippen LogP) is 4.06. The Labute approximate surface area is 121 Å². The van der Waals surface area contributed by atoms with Gasteiger partial charge < -0.3 is 9.84 Å². The van der Waals surface area contributed by atoms with Crippen LogP contribution in [0.1, 0.15) is 25.0 Å². The lowest BCUT2D eigenvalue weighted by Crippen LogP contribution is -2.20.